The zero-order chi connectivity index (χ0) is 17.4. The fourth-order valence-corrected chi connectivity index (χ4v) is 2.11. The third-order valence-electron chi connectivity index (χ3n) is 3.13. The second-order valence-electron chi connectivity index (χ2n) is 4.83. The molecule has 24 heavy (non-hydrogen) atoms. The minimum Gasteiger partial charge on any atom is -0.331 e. The summed E-state index contributed by atoms with van der Waals surface area (Å²) in [4.78, 5) is 10.5. The minimum atomic E-state index is -0.420. The van der Waals surface area contributed by atoms with Crippen molar-refractivity contribution in [1.82, 2.24) is 5.43 Å². The number of nitro benzene ring substituents is 1. The van der Waals surface area contributed by atoms with Gasteiger partial charge in [-0.05, 0) is 49.0 Å². The van der Waals surface area contributed by atoms with E-state index in [0.717, 1.165) is 11.3 Å². The average molecular weight is 340 g/mol. The Morgan fingerprint density at radius 1 is 1.21 bits per heavy atom. The number of hydrogen-bond donors (Lipinski definition) is 2. The number of rotatable bonds is 5. The lowest BCUT2D eigenvalue weighted by Gasteiger charge is -2.08. The largest absolute Gasteiger partial charge is 0.331 e. The zero-order valence-electron chi connectivity index (χ0n) is 13.0. The number of hydrazone groups is 1. The number of nitrogens with one attached hydrogen (secondary N) is 2. The van der Waals surface area contributed by atoms with Gasteiger partial charge in [0, 0.05) is 18.0 Å². The van der Waals surface area contributed by atoms with Crippen LogP contribution in [0, 0.1) is 17.0 Å². The molecule has 0 aliphatic carbocycles. The van der Waals surface area contributed by atoms with Gasteiger partial charge >= 0.3 is 0 Å². The molecule has 6 nitrogen and oxygen atoms in total. The van der Waals surface area contributed by atoms with Gasteiger partial charge in [0.05, 0.1) is 10.5 Å². The molecule has 2 aromatic carbocycles. The van der Waals surface area contributed by atoms with Gasteiger partial charge < -0.3 is 5.32 Å². The van der Waals surface area contributed by atoms with Crippen molar-refractivity contribution >= 4 is 41.0 Å². The second kappa shape index (κ2) is 8.54. The first-order valence-corrected chi connectivity index (χ1v) is 7.54. The van der Waals surface area contributed by atoms with Crippen molar-refractivity contribution in [2.24, 2.45) is 5.10 Å². The van der Waals surface area contributed by atoms with Gasteiger partial charge in [-0.2, -0.15) is 5.10 Å². The molecule has 2 rings (SSSR count). The Morgan fingerprint density at radius 2 is 1.92 bits per heavy atom. The molecular formula is C17H16N4O2S. The van der Waals surface area contributed by atoms with E-state index in [4.69, 9.17) is 12.2 Å². The van der Waals surface area contributed by atoms with Gasteiger partial charge in [-0.25, -0.2) is 0 Å². The molecule has 0 aliphatic heterocycles. The van der Waals surface area contributed by atoms with Gasteiger partial charge in [-0.1, -0.05) is 30.3 Å². The molecule has 0 atom stereocenters. The highest BCUT2D eigenvalue weighted by molar-refractivity contribution is 7.80. The first kappa shape index (κ1) is 17.3. The lowest BCUT2D eigenvalue weighted by molar-refractivity contribution is -0.385. The van der Waals surface area contributed by atoms with Gasteiger partial charge in [-0.3, -0.25) is 15.5 Å². The van der Waals surface area contributed by atoms with Crippen LogP contribution in [0.4, 0.5) is 11.4 Å². The molecule has 0 amide bonds. The van der Waals surface area contributed by atoms with Gasteiger partial charge in [0.2, 0.25) is 0 Å². The Bertz CT molecular complexity index is 803. The molecule has 122 valence electrons. The van der Waals surface area contributed by atoms with Crippen LogP contribution < -0.4 is 10.7 Å². The molecule has 0 saturated carbocycles. The summed E-state index contributed by atoms with van der Waals surface area (Å²) >= 11 is 5.14. The highest BCUT2D eigenvalue weighted by Gasteiger charge is 2.08. The summed E-state index contributed by atoms with van der Waals surface area (Å²) in [6, 6.07) is 14.2. The van der Waals surface area contributed by atoms with Crippen LogP contribution in [-0.2, 0) is 0 Å². The SMILES string of the molecule is Cc1ccccc1NC(=S)N/N=C\C=C\c1ccccc1[N+](=O)[O-]. The van der Waals surface area contributed by atoms with E-state index in [1.54, 1.807) is 30.4 Å². The average Bonchev–Trinajstić information content (AvgIpc) is 2.57. The van der Waals surface area contributed by atoms with Crippen LogP contribution in [-0.4, -0.2) is 16.3 Å². The van der Waals surface area contributed by atoms with Crippen molar-refractivity contribution in [2.75, 3.05) is 5.32 Å². The lowest BCUT2D eigenvalue weighted by Crippen LogP contribution is -2.24. The van der Waals surface area contributed by atoms with E-state index in [1.807, 2.05) is 31.2 Å². The summed E-state index contributed by atoms with van der Waals surface area (Å²) in [5.74, 6) is 0. The van der Waals surface area contributed by atoms with Crippen molar-refractivity contribution < 1.29 is 4.92 Å². The molecule has 0 bridgehead atoms. The number of thiocarbonyl (C=S) groups is 1. The standard InChI is InChI=1S/C17H16N4O2S/c1-13-7-2-4-10-15(13)19-17(24)20-18-12-6-9-14-8-3-5-11-16(14)21(22)23/h2-12H,1H3,(H2,19,20,24)/b9-6+,18-12-. The van der Waals surface area contributed by atoms with Crippen molar-refractivity contribution in [2.45, 2.75) is 6.92 Å². The van der Waals surface area contributed by atoms with Crippen LogP contribution in [0.5, 0.6) is 0 Å². The summed E-state index contributed by atoms with van der Waals surface area (Å²) in [6.45, 7) is 1.98. The topological polar surface area (TPSA) is 79.6 Å². The number of hydrogen-bond acceptors (Lipinski definition) is 4. The molecule has 0 spiro atoms. The zero-order valence-corrected chi connectivity index (χ0v) is 13.8. The molecule has 0 aromatic heterocycles. The molecule has 0 heterocycles. The Morgan fingerprint density at radius 3 is 2.67 bits per heavy atom. The van der Waals surface area contributed by atoms with Crippen molar-refractivity contribution in [1.29, 1.82) is 0 Å². The summed E-state index contributed by atoms with van der Waals surface area (Å²) < 4.78 is 0. The molecule has 0 saturated heterocycles. The minimum absolute atomic E-state index is 0.0480. The van der Waals surface area contributed by atoms with Gasteiger partial charge in [0.1, 0.15) is 0 Å². The molecular weight excluding hydrogens is 324 g/mol. The molecule has 0 aliphatic rings. The Hall–Kier alpha value is -3.06. The number of nitro groups is 1. The highest BCUT2D eigenvalue weighted by Crippen LogP contribution is 2.18. The molecule has 0 radical (unpaired) electrons. The van der Waals surface area contributed by atoms with E-state index in [-0.39, 0.29) is 5.69 Å². The maximum absolute atomic E-state index is 10.9. The monoisotopic (exact) mass is 340 g/mol. The first-order valence-electron chi connectivity index (χ1n) is 7.13. The van der Waals surface area contributed by atoms with Crippen molar-refractivity contribution in [3.8, 4) is 0 Å². The van der Waals surface area contributed by atoms with E-state index >= 15 is 0 Å². The van der Waals surface area contributed by atoms with Gasteiger partial charge in [0.15, 0.2) is 5.11 Å². The quantitative estimate of drug-likeness (QED) is 0.374. The van der Waals surface area contributed by atoms with Crippen LogP contribution in [0.15, 0.2) is 59.7 Å². The molecule has 7 heteroatoms. The highest BCUT2D eigenvalue weighted by atomic mass is 32.1. The summed E-state index contributed by atoms with van der Waals surface area (Å²) in [7, 11) is 0. The van der Waals surface area contributed by atoms with Gasteiger partial charge in [-0.15, -0.1) is 0 Å². The Kier molecular flexibility index (Phi) is 6.16. The second-order valence-corrected chi connectivity index (χ2v) is 5.24. The maximum atomic E-state index is 10.9. The van der Waals surface area contributed by atoms with Crippen LogP contribution in [0.25, 0.3) is 6.08 Å². The van der Waals surface area contributed by atoms with Crippen LogP contribution in [0.2, 0.25) is 0 Å². The predicted octanol–water partition coefficient (Wildman–Crippen LogP) is 3.89. The Balaban J connectivity index is 1.90. The van der Waals surface area contributed by atoms with E-state index < -0.39 is 4.92 Å². The van der Waals surface area contributed by atoms with E-state index in [2.05, 4.69) is 15.8 Å². The lowest BCUT2D eigenvalue weighted by atomic mass is 10.2. The van der Waals surface area contributed by atoms with E-state index in [9.17, 15) is 10.1 Å². The fourth-order valence-electron chi connectivity index (χ4n) is 1.94. The third-order valence-corrected chi connectivity index (χ3v) is 3.32. The number of benzene rings is 2. The van der Waals surface area contributed by atoms with E-state index in [0.29, 0.717) is 10.7 Å². The van der Waals surface area contributed by atoms with Crippen LogP contribution in [0.3, 0.4) is 0 Å². The summed E-state index contributed by atoms with van der Waals surface area (Å²) in [5, 5.41) is 18.2. The van der Waals surface area contributed by atoms with Crippen molar-refractivity contribution in [3.63, 3.8) is 0 Å². The number of anilines is 1. The number of nitrogens with zero attached hydrogens (tertiary/aromatic N) is 2. The number of aryl methyl sites for hydroxylation is 1. The number of allylic oxidation sites excluding steroid dienone is 1. The summed E-state index contributed by atoms with van der Waals surface area (Å²) in [6.07, 6.45) is 4.69. The first-order chi connectivity index (χ1) is 11.6. The van der Waals surface area contributed by atoms with Crippen molar-refractivity contribution in [3.05, 3.63) is 75.8 Å². The fraction of sp³-hybridized carbons (Fsp3) is 0.0588. The summed E-state index contributed by atoms with van der Waals surface area (Å²) in [5.41, 5.74) is 5.22. The Labute approximate surface area is 145 Å². The third kappa shape index (κ3) is 4.99. The van der Waals surface area contributed by atoms with Crippen LogP contribution >= 0.6 is 12.2 Å². The normalized spacial score (nSPS) is 10.9. The van der Waals surface area contributed by atoms with E-state index in [1.165, 1.54) is 12.3 Å². The van der Waals surface area contributed by atoms with Crippen LogP contribution in [0.1, 0.15) is 11.1 Å². The number of para-hydroxylation sites is 2. The molecule has 0 unspecified atom stereocenters. The molecule has 2 aromatic rings. The predicted molar refractivity (Wildman–Crippen MR) is 101 cm³/mol. The smallest absolute Gasteiger partial charge is 0.276 e. The van der Waals surface area contributed by atoms with Gasteiger partial charge in [0.25, 0.3) is 5.69 Å². The molecule has 2 N–H and O–H groups in total. The molecule has 0 fully saturated rings. The maximum Gasteiger partial charge on any atom is 0.276 e.